The third kappa shape index (κ3) is 2.27. The summed E-state index contributed by atoms with van der Waals surface area (Å²) in [6.07, 6.45) is 1.38. The maximum absolute atomic E-state index is 11.1. The number of nitrogens with zero attached hydrogens (tertiary/aromatic N) is 5. The average molecular weight is 233 g/mol. The van der Waals surface area contributed by atoms with Gasteiger partial charge in [0.25, 0.3) is 11.7 Å². The van der Waals surface area contributed by atoms with Gasteiger partial charge in [-0.3, -0.25) is 10.2 Å². The number of amides is 1. The van der Waals surface area contributed by atoms with E-state index in [1.165, 1.54) is 17.1 Å². The number of aromatic nitrogens is 4. The van der Waals surface area contributed by atoms with Crippen molar-refractivity contribution in [3.05, 3.63) is 29.7 Å². The summed E-state index contributed by atoms with van der Waals surface area (Å²) in [5.41, 5.74) is 2.00. The topological polar surface area (TPSA) is 136 Å². The molecule has 1 amide bonds. The number of hydrazine groups is 1. The van der Waals surface area contributed by atoms with Crippen molar-refractivity contribution in [2.45, 2.75) is 6.54 Å². The van der Waals surface area contributed by atoms with E-state index in [0.29, 0.717) is 5.76 Å². The first-order valence-electron chi connectivity index (χ1n) is 4.49. The second kappa shape index (κ2) is 4.42. The van der Waals surface area contributed by atoms with E-state index in [0.717, 1.165) is 0 Å². The zero-order valence-corrected chi connectivity index (χ0v) is 8.49. The third-order valence-corrected chi connectivity index (χ3v) is 1.88. The highest BCUT2D eigenvalue weighted by Crippen LogP contribution is 2.05. The summed E-state index contributed by atoms with van der Waals surface area (Å²) in [6.45, 7) is 0.222. The van der Waals surface area contributed by atoms with Crippen molar-refractivity contribution >= 4 is 5.91 Å². The van der Waals surface area contributed by atoms with E-state index in [1.54, 1.807) is 6.07 Å². The van der Waals surface area contributed by atoms with Gasteiger partial charge in [-0.2, -0.15) is 5.26 Å². The average Bonchev–Trinajstić information content (AvgIpc) is 2.97. The molecule has 86 valence electrons. The van der Waals surface area contributed by atoms with Gasteiger partial charge in [-0.05, 0) is 0 Å². The van der Waals surface area contributed by atoms with Crippen LogP contribution in [0.4, 0.5) is 0 Å². The van der Waals surface area contributed by atoms with Crippen LogP contribution >= 0.6 is 0 Å². The fourth-order valence-corrected chi connectivity index (χ4v) is 1.15. The molecule has 2 heterocycles. The highest BCUT2D eigenvalue weighted by atomic mass is 16.5. The number of hydrogen-bond acceptors (Lipinski definition) is 7. The summed E-state index contributed by atoms with van der Waals surface area (Å²) in [5, 5.41) is 15.9. The lowest BCUT2D eigenvalue weighted by Gasteiger charge is -1.92. The molecule has 0 radical (unpaired) electrons. The molecule has 0 unspecified atom stereocenters. The maximum Gasteiger partial charge on any atom is 0.287 e. The lowest BCUT2D eigenvalue weighted by molar-refractivity contribution is 0.0944. The molecule has 0 bridgehead atoms. The Bertz CT molecular complexity index is 579. The van der Waals surface area contributed by atoms with Gasteiger partial charge in [0.15, 0.2) is 11.5 Å². The van der Waals surface area contributed by atoms with Gasteiger partial charge in [-0.1, -0.05) is 5.16 Å². The molecule has 0 atom stereocenters. The zero-order chi connectivity index (χ0) is 12.3. The van der Waals surface area contributed by atoms with Crippen molar-refractivity contribution in [1.29, 1.82) is 5.26 Å². The van der Waals surface area contributed by atoms with Crippen molar-refractivity contribution in [3.8, 4) is 6.07 Å². The first-order chi connectivity index (χ1) is 8.22. The summed E-state index contributed by atoms with van der Waals surface area (Å²) in [6, 6.07) is 3.22. The first-order valence-corrected chi connectivity index (χ1v) is 4.49. The molecule has 0 saturated carbocycles. The Morgan fingerprint density at radius 2 is 2.53 bits per heavy atom. The quantitative estimate of drug-likeness (QED) is 0.385. The summed E-state index contributed by atoms with van der Waals surface area (Å²) in [5.74, 6) is 4.86. The van der Waals surface area contributed by atoms with Crippen LogP contribution < -0.4 is 11.3 Å². The predicted molar refractivity (Wildman–Crippen MR) is 52.0 cm³/mol. The van der Waals surface area contributed by atoms with Crippen LogP contribution in [0.5, 0.6) is 0 Å². The number of nitriles is 1. The van der Waals surface area contributed by atoms with E-state index in [1.807, 2.05) is 5.43 Å². The fraction of sp³-hybridized carbons (Fsp3) is 0.125. The molecule has 17 heavy (non-hydrogen) atoms. The van der Waals surface area contributed by atoms with Crippen LogP contribution in [0.3, 0.4) is 0 Å². The van der Waals surface area contributed by atoms with Crippen LogP contribution in [-0.2, 0) is 6.54 Å². The number of nitrogens with two attached hydrogens (primary N) is 1. The minimum absolute atomic E-state index is 0.0597. The number of nitrogens with one attached hydrogen (secondary N) is 1. The normalized spacial score (nSPS) is 9.88. The third-order valence-electron chi connectivity index (χ3n) is 1.88. The molecule has 3 N–H and O–H groups in total. The molecule has 0 aromatic carbocycles. The molecule has 0 aliphatic rings. The van der Waals surface area contributed by atoms with E-state index in [9.17, 15) is 4.79 Å². The predicted octanol–water partition coefficient (Wildman–Crippen LogP) is -1.21. The molecular weight excluding hydrogens is 226 g/mol. The Balaban J connectivity index is 2.11. The highest BCUT2D eigenvalue weighted by Gasteiger charge is 2.11. The van der Waals surface area contributed by atoms with E-state index in [-0.39, 0.29) is 18.1 Å². The minimum atomic E-state index is -0.545. The number of rotatable bonds is 3. The Morgan fingerprint density at radius 3 is 3.18 bits per heavy atom. The second-order valence-electron chi connectivity index (χ2n) is 3.03. The molecule has 0 saturated heterocycles. The number of nitrogen functional groups attached to an aromatic ring is 1. The Hall–Kier alpha value is -2.73. The Morgan fingerprint density at radius 1 is 1.71 bits per heavy atom. The standard InChI is InChI=1S/C8H7N7O2/c9-2-7-11-4-15(13-7)3-5-1-6(14-17-5)8(16)12-10/h1,4H,3,10H2,(H,12,16). The Kier molecular flexibility index (Phi) is 2.80. The lowest BCUT2D eigenvalue weighted by atomic mass is 10.3. The van der Waals surface area contributed by atoms with E-state index in [2.05, 4.69) is 15.2 Å². The van der Waals surface area contributed by atoms with E-state index >= 15 is 0 Å². The van der Waals surface area contributed by atoms with Crippen molar-refractivity contribution in [1.82, 2.24) is 25.3 Å². The fourth-order valence-electron chi connectivity index (χ4n) is 1.15. The van der Waals surface area contributed by atoms with Crippen LogP contribution in [0.15, 0.2) is 16.9 Å². The smallest absolute Gasteiger partial charge is 0.287 e. The van der Waals surface area contributed by atoms with Crippen molar-refractivity contribution in [3.63, 3.8) is 0 Å². The molecule has 9 heteroatoms. The summed E-state index contributed by atoms with van der Waals surface area (Å²) >= 11 is 0. The summed E-state index contributed by atoms with van der Waals surface area (Å²) in [7, 11) is 0. The molecule has 2 aromatic rings. The maximum atomic E-state index is 11.1. The molecular formula is C8H7N7O2. The zero-order valence-electron chi connectivity index (χ0n) is 8.49. The number of hydrogen-bond donors (Lipinski definition) is 2. The monoisotopic (exact) mass is 233 g/mol. The molecule has 2 rings (SSSR count). The Labute approximate surface area is 94.8 Å². The van der Waals surface area contributed by atoms with Crippen molar-refractivity contribution < 1.29 is 9.32 Å². The summed E-state index contributed by atoms with van der Waals surface area (Å²) in [4.78, 5) is 14.8. The van der Waals surface area contributed by atoms with Gasteiger partial charge >= 0.3 is 0 Å². The van der Waals surface area contributed by atoms with Crippen LogP contribution in [-0.4, -0.2) is 25.8 Å². The van der Waals surface area contributed by atoms with Gasteiger partial charge in [-0.25, -0.2) is 15.5 Å². The van der Waals surface area contributed by atoms with Gasteiger partial charge in [0.2, 0.25) is 0 Å². The minimum Gasteiger partial charge on any atom is -0.359 e. The molecule has 0 spiro atoms. The molecule has 2 aromatic heterocycles. The molecule has 0 fully saturated rings. The van der Waals surface area contributed by atoms with E-state index < -0.39 is 5.91 Å². The molecule has 0 aliphatic heterocycles. The van der Waals surface area contributed by atoms with Gasteiger partial charge in [0.05, 0.1) is 0 Å². The van der Waals surface area contributed by atoms with Gasteiger partial charge in [0, 0.05) is 6.07 Å². The van der Waals surface area contributed by atoms with Crippen molar-refractivity contribution in [2.75, 3.05) is 0 Å². The first kappa shape index (κ1) is 10.8. The highest BCUT2D eigenvalue weighted by molar-refractivity contribution is 5.91. The number of carbonyl (C=O) groups excluding carboxylic acids is 1. The van der Waals surface area contributed by atoms with Crippen LogP contribution in [0.25, 0.3) is 0 Å². The van der Waals surface area contributed by atoms with Crippen molar-refractivity contribution in [2.24, 2.45) is 5.84 Å². The second-order valence-corrected chi connectivity index (χ2v) is 3.03. The van der Waals surface area contributed by atoms with Gasteiger partial charge in [-0.15, -0.1) is 5.10 Å². The molecule has 0 aliphatic carbocycles. The largest absolute Gasteiger partial charge is 0.359 e. The van der Waals surface area contributed by atoms with Gasteiger partial charge < -0.3 is 4.52 Å². The lowest BCUT2D eigenvalue weighted by Crippen LogP contribution is -2.30. The molecule has 9 nitrogen and oxygen atoms in total. The van der Waals surface area contributed by atoms with E-state index in [4.69, 9.17) is 15.6 Å². The van der Waals surface area contributed by atoms with Crippen LogP contribution in [0, 0.1) is 11.3 Å². The van der Waals surface area contributed by atoms with Crippen LogP contribution in [0.2, 0.25) is 0 Å². The number of carbonyl (C=O) groups is 1. The summed E-state index contributed by atoms with van der Waals surface area (Å²) < 4.78 is 6.29. The SMILES string of the molecule is N#Cc1ncn(Cc2cc(C(=O)NN)no2)n1. The van der Waals surface area contributed by atoms with Crippen LogP contribution in [0.1, 0.15) is 22.1 Å². The van der Waals surface area contributed by atoms with Gasteiger partial charge in [0.1, 0.15) is 18.9 Å².